The van der Waals surface area contributed by atoms with E-state index in [1.54, 1.807) is 0 Å². The lowest BCUT2D eigenvalue weighted by Crippen LogP contribution is -2.35. The minimum Gasteiger partial charge on any atom is -0.367 e. The maximum Gasteiger partial charge on any atom is 0.225 e. The smallest absolute Gasteiger partial charge is 0.225 e. The topological polar surface area (TPSA) is 84.2 Å². The van der Waals surface area contributed by atoms with Crippen LogP contribution in [0.4, 0.5) is 5.82 Å². The van der Waals surface area contributed by atoms with Crippen molar-refractivity contribution in [1.29, 1.82) is 0 Å². The second kappa shape index (κ2) is 7.91. The lowest BCUT2D eigenvalue weighted by molar-refractivity contribution is -0.128. The van der Waals surface area contributed by atoms with Crippen LogP contribution in [0.1, 0.15) is 45.0 Å². The number of aryl methyl sites for hydroxylation is 2. The van der Waals surface area contributed by atoms with E-state index < -0.39 is 0 Å². The quantitative estimate of drug-likeness (QED) is 0.611. The van der Waals surface area contributed by atoms with Gasteiger partial charge in [-0.25, -0.2) is 4.98 Å². The van der Waals surface area contributed by atoms with E-state index in [0.717, 1.165) is 41.8 Å². The number of aromatic nitrogens is 4. The number of benzene rings is 1. The monoisotopic (exact) mass is 402 g/mol. The van der Waals surface area contributed by atoms with Crippen LogP contribution in [-0.2, 0) is 4.79 Å². The van der Waals surface area contributed by atoms with E-state index in [0.29, 0.717) is 23.0 Å². The number of nitrogens with one attached hydrogen (secondary N) is 2. The Labute approximate surface area is 169 Å². The number of carbonyl (C=O) groups is 1. The first kappa shape index (κ1) is 20.3. The van der Waals surface area contributed by atoms with Crippen LogP contribution in [-0.4, -0.2) is 38.6 Å². The Balaban J connectivity index is 1.69. The standard InChI is InChI=1S/C20H27ClN6O/c1-12-10-15-16(11-14(12)21)27-13(2)25-26-18(27)17(24-15)22-8-6-7-9-23-19(28)20(3,4)5/h10-11H,6-9H2,1-5H3,(H,22,24)(H,23,28). The van der Waals surface area contributed by atoms with Crippen molar-refractivity contribution < 1.29 is 4.79 Å². The Kier molecular flexibility index (Phi) is 5.74. The van der Waals surface area contributed by atoms with Crippen LogP contribution in [0.15, 0.2) is 12.1 Å². The molecule has 0 fully saturated rings. The van der Waals surface area contributed by atoms with E-state index in [1.165, 1.54) is 0 Å². The number of hydrogen-bond donors (Lipinski definition) is 2. The molecule has 3 aromatic rings. The van der Waals surface area contributed by atoms with Gasteiger partial charge in [0.15, 0.2) is 5.82 Å². The Morgan fingerprint density at radius 2 is 1.86 bits per heavy atom. The number of nitrogens with zero attached hydrogens (tertiary/aromatic N) is 4. The van der Waals surface area contributed by atoms with Crippen molar-refractivity contribution in [1.82, 2.24) is 24.9 Å². The molecule has 0 saturated heterocycles. The Morgan fingerprint density at radius 1 is 1.14 bits per heavy atom. The summed E-state index contributed by atoms with van der Waals surface area (Å²) in [6.45, 7) is 11.0. The van der Waals surface area contributed by atoms with E-state index in [1.807, 2.05) is 51.2 Å². The minimum atomic E-state index is -0.356. The number of unbranched alkanes of at least 4 members (excludes halogenated alkanes) is 1. The van der Waals surface area contributed by atoms with Gasteiger partial charge in [-0.15, -0.1) is 10.2 Å². The molecule has 8 heteroatoms. The van der Waals surface area contributed by atoms with Gasteiger partial charge in [-0.2, -0.15) is 0 Å². The molecular weight excluding hydrogens is 376 g/mol. The van der Waals surface area contributed by atoms with Gasteiger partial charge >= 0.3 is 0 Å². The second-order valence-corrected chi connectivity index (χ2v) is 8.50. The molecule has 0 aliphatic rings. The Bertz CT molecular complexity index is 1020. The van der Waals surface area contributed by atoms with Crippen LogP contribution in [0.3, 0.4) is 0 Å². The van der Waals surface area contributed by atoms with Gasteiger partial charge in [-0.1, -0.05) is 32.4 Å². The summed E-state index contributed by atoms with van der Waals surface area (Å²) in [5.41, 5.74) is 3.05. The normalized spacial score (nSPS) is 11.9. The van der Waals surface area contributed by atoms with Crippen LogP contribution < -0.4 is 10.6 Å². The molecule has 1 aromatic carbocycles. The zero-order valence-corrected chi connectivity index (χ0v) is 17.8. The zero-order chi connectivity index (χ0) is 20.5. The van der Waals surface area contributed by atoms with E-state index in [2.05, 4.69) is 20.8 Å². The summed E-state index contributed by atoms with van der Waals surface area (Å²) in [5, 5.41) is 15.5. The number of hydrogen-bond acceptors (Lipinski definition) is 5. The summed E-state index contributed by atoms with van der Waals surface area (Å²) in [6, 6.07) is 3.88. The number of rotatable bonds is 6. The molecule has 7 nitrogen and oxygen atoms in total. The largest absolute Gasteiger partial charge is 0.367 e. The predicted molar refractivity (Wildman–Crippen MR) is 113 cm³/mol. The van der Waals surface area contributed by atoms with Crippen molar-refractivity contribution >= 4 is 40.0 Å². The number of amides is 1. The summed E-state index contributed by atoms with van der Waals surface area (Å²) in [6.07, 6.45) is 1.79. The number of fused-ring (bicyclic) bond motifs is 3. The summed E-state index contributed by atoms with van der Waals surface area (Å²) >= 11 is 6.30. The minimum absolute atomic E-state index is 0.0753. The van der Waals surface area contributed by atoms with Crippen molar-refractivity contribution in [3.8, 4) is 0 Å². The summed E-state index contributed by atoms with van der Waals surface area (Å²) in [4.78, 5) is 16.6. The Hall–Kier alpha value is -2.41. The lowest BCUT2D eigenvalue weighted by Gasteiger charge is -2.17. The third kappa shape index (κ3) is 4.19. The highest BCUT2D eigenvalue weighted by Crippen LogP contribution is 2.26. The van der Waals surface area contributed by atoms with Gasteiger partial charge in [0.25, 0.3) is 0 Å². The second-order valence-electron chi connectivity index (χ2n) is 8.10. The van der Waals surface area contributed by atoms with Gasteiger partial charge in [0.1, 0.15) is 5.82 Å². The predicted octanol–water partition coefficient (Wildman–Crippen LogP) is 3.90. The fraction of sp³-hybridized carbons (Fsp3) is 0.500. The highest BCUT2D eigenvalue weighted by atomic mass is 35.5. The fourth-order valence-electron chi connectivity index (χ4n) is 2.94. The molecule has 0 aliphatic heterocycles. The van der Waals surface area contributed by atoms with Crippen molar-refractivity contribution in [2.45, 2.75) is 47.5 Å². The van der Waals surface area contributed by atoms with Gasteiger partial charge in [-0.3, -0.25) is 9.20 Å². The van der Waals surface area contributed by atoms with Crippen molar-refractivity contribution in [3.05, 3.63) is 28.5 Å². The molecule has 0 saturated carbocycles. The van der Waals surface area contributed by atoms with Crippen molar-refractivity contribution in [2.75, 3.05) is 18.4 Å². The van der Waals surface area contributed by atoms with E-state index in [9.17, 15) is 4.79 Å². The molecule has 0 radical (unpaired) electrons. The van der Waals surface area contributed by atoms with Crippen LogP contribution in [0.2, 0.25) is 5.02 Å². The molecular formula is C20H27ClN6O. The van der Waals surface area contributed by atoms with Crippen LogP contribution in [0.25, 0.3) is 16.7 Å². The number of carbonyl (C=O) groups excluding carboxylic acids is 1. The molecule has 2 aromatic heterocycles. The molecule has 2 N–H and O–H groups in total. The molecule has 0 bridgehead atoms. The van der Waals surface area contributed by atoms with Gasteiger partial charge in [-0.05, 0) is 44.4 Å². The van der Waals surface area contributed by atoms with Crippen LogP contribution in [0.5, 0.6) is 0 Å². The maximum absolute atomic E-state index is 11.9. The first-order chi connectivity index (χ1) is 13.2. The molecule has 0 aliphatic carbocycles. The number of anilines is 1. The van der Waals surface area contributed by atoms with E-state index in [4.69, 9.17) is 16.6 Å². The molecule has 3 rings (SSSR count). The lowest BCUT2D eigenvalue weighted by atomic mass is 9.96. The third-order valence-electron chi connectivity index (χ3n) is 4.63. The third-order valence-corrected chi connectivity index (χ3v) is 5.04. The van der Waals surface area contributed by atoms with Gasteiger partial charge < -0.3 is 10.6 Å². The summed E-state index contributed by atoms with van der Waals surface area (Å²) in [7, 11) is 0. The molecule has 28 heavy (non-hydrogen) atoms. The SMILES string of the molecule is Cc1cc2nc(NCCCCNC(=O)C(C)(C)C)c3nnc(C)n3c2cc1Cl. The average Bonchev–Trinajstić information content (AvgIpc) is 3.00. The molecule has 0 spiro atoms. The summed E-state index contributed by atoms with van der Waals surface area (Å²) in [5.74, 6) is 1.56. The average molecular weight is 403 g/mol. The van der Waals surface area contributed by atoms with Crippen LogP contribution >= 0.6 is 11.6 Å². The molecule has 2 heterocycles. The first-order valence-electron chi connectivity index (χ1n) is 9.52. The molecule has 0 atom stereocenters. The zero-order valence-electron chi connectivity index (χ0n) is 17.1. The maximum atomic E-state index is 11.9. The van der Waals surface area contributed by atoms with Gasteiger partial charge in [0.2, 0.25) is 11.6 Å². The molecule has 150 valence electrons. The molecule has 1 amide bonds. The van der Waals surface area contributed by atoms with Gasteiger partial charge in [0, 0.05) is 23.5 Å². The number of halogens is 1. The highest BCUT2D eigenvalue weighted by Gasteiger charge is 2.20. The van der Waals surface area contributed by atoms with E-state index >= 15 is 0 Å². The summed E-state index contributed by atoms with van der Waals surface area (Å²) < 4.78 is 1.97. The van der Waals surface area contributed by atoms with Gasteiger partial charge in [0.05, 0.1) is 11.0 Å². The first-order valence-corrected chi connectivity index (χ1v) is 9.90. The fourth-order valence-corrected chi connectivity index (χ4v) is 3.10. The van der Waals surface area contributed by atoms with Crippen LogP contribution in [0, 0.1) is 19.3 Å². The highest BCUT2D eigenvalue weighted by molar-refractivity contribution is 6.32. The van der Waals surface area contributed by atoms with Crippen molar-refractivity contribution in [3.63, 3.8) is 0 Å². The van der Waals surface area contributed by atoms with E-state index in [-0.39, 0.29) is 11.3 Å². The van der Waals surface area contributed by atoms with Crippen molar-refractivity contribution in [2.24, 2.45) is 5.41 Å². The molecule has 0 unspecified atom stereocenters. The Morgan fingerprint density at radius 3 is 2.57 bits per heavy atom.